The van der Waals surface area contributed by atoms with Crippen LogP contribution in [0.2, 0.25) is 5.02 Å². The van der Waals surface area contributed by atoms with E-state index in [4.69, 9.17) is 16.3 Å². The summed E-state index contributed by atoms with van der Waals surface area (Å²) < 4.78 is 6.27. The van der Waals surface area contributed by atoms with Gasteiger partial charge in [0.1, 0.15) is 5.02 Å². The summed E-state index contributed by atoms with van der Waals surface area (Å²) in [5.74, 6) is 0.123. The molecule has 0 fully saturated rings. The van der Waals surface area contributed by atoms with Gasteiger partial charge in [-0.3, -0.25) is 4.79 Å². The number of nitrogens with zero attached hydrogens (tertiary/aromatic N) is 2. The van der Waals surface area contributed by atoms with E-state index < -0.39 is 0 Å². The van der Waals surface area contributed by atoms with Crippen LogP contribution < -0.4 is 10.3 Å². The van der Waals surface area contributed by atoms with Crippen LogP contribution in [0.15, 0.2) is 41.3 Å². The van der Waals surface area contributed by atoms with Crippen molar-refractivity contribution in [1.82, 2.24) is 9.78 Å². The highest BCUT2D eigenvalue weighted by Gasteiger charge is 2.10. The predicted molar refractivity (Wildman–Crippen MR) is 65.6 cm³/mol. The second-order valence-corrected chi connectivity index (χ2v) is 3.88. The third-order valence-electron chi connectivity index (χ3n) is 2.34. The second kappa shape index (κ2) is 5.01. The van der Waals surface area contributed by atoms with Crippen LogP contribution in [-0.2, 0) is 6.54 Å². The first-order valence-electron chi connectivity index (χ1n) is 5.06. The van der Waals surface area contributed by atoms with E-state index in [1.54, 1.807) is 0 Å². The van der Waals surface area contributed by atoms with Crippen molar-refractivity contribution in [2.75, 3.05) is 7.11 Å². The maximum Gasteiger partial charge on any atom is 0.310 e. The summed E-state index contributed by atoms with van der Waals surface area (Å²) in [6.45, 7) is 0.396. The Kier molecular flexibility index (Phi) is 3.44. The number of halogens is 1. The van der Waals surface area contributed by atoms with Crippen LogP contribution in [0, 0.1) is 0 Å². The van der Waals surface area contributed by atoms with E-state index in [0.717, 1.165) is 5.56 Å². The summed E-state index contributed by atoms with van der Waals surface area (Å²) in [6.07, 6.45) is 1.41. The molecule has 1 aromatic carbocycles. The van der Waals surface area contributed by atoms with E-state index in [-0.39, 0.29) is 16.3 Å². The Morgan fingerprint density at radius 1 is 1.35 bits per heavy atom. The number of hydrogen-bond acceptors (Lipinski definition) is 3. The van der Waals surface area contributed by atoms with Crippen molar-refractivity contribution >= 4 is 11.6 Å². The molecule has 0 bridgehead atoms. The fourth-order valence-electron chi connectivity index (χ4n) is 1.50. The molecule has 2 rings (SSSR count). The molecule has 88 valence electrons. The van der Waals surface area contributed by atoms with E-state index in [0.29, 0.717) is 6.54 Å². The molecule has 5 heteroatoms. The van der Waals surface area contributed by atoms with Gasteiger partial charge < -0.3 is 4.74 Å². The first kappa shape index (κ1) is 11.7. The zero-order valence-corrected chi connectivity index (χ0v) is 10.0. The van der Waals surface area contributed by atoms with E-state index in [1.165, 1.54) is 18.0 Å². The lowest BCUT2D eigenvalue weighted by Gasteiger charge is -2.07. The van der Waals surface area contributed by atoms with Crippen LogP contribution in [0.5, 0.6) is 5.75 Å². The molecule has 0 radical (unpaired) electrons. The molecule has 0 N–H and O–H groups in total. The van der Waals surface area contributed by atoms with Crippen molar-refractivity contribution in [1.29, 1.82) is 0 Å². The number of ether oxygens (including phenoxy) is 1. The van der Waals surface area contributed by atoms with E-state index >= 15 is 0 Å². The first-order valence-corrected chi connectivity index (χ1v) is 5.43. The summed E-state index contributed by atoms with van der Waals surface area (Å²) in [4.78, 5) is 11.9. The van der Waals surface area contributed by atoms with Gasteiger partial charge in [0.2, 0.25) is 5.75 Å². The minimum atomic E-state index is -0.330. The highest BCUT2D eigenvalue weighted by molar-refractivity contribution is 6.31. The van der Waals surface area contributed by atoms with Gasteiger partial charge in [0.15, 0.2) is 0 Å². The van der Waals surface area contributed by atoms with Gasteiger partial charge in [-0.1, -0.05) is 41.9 Å². The lowest BCUT2D eigenvalue weighted by Crippen LogP contribution is -2.24. The third-order valence-corrected chi connectivity index (χ3v) is 2.60. The van der Waals surface area contributed by atoms with Gasteiger partial charge in [0, 0.05) is 0 Å². The van der Waals surface area contributed by atoms with Crippen molar-refractivity contribution in [3.05, 3.63) is 57.5 Å². The zero-order valence-electron chi connectivity index (χ0n) is 9.26. The summed E-state index contributed by atoms with van der Waals surface area (Å²) in [5.41, 5.74) is 0.662. The summed E-state index contributed by atoms with van der Waals surface area (Å²) in [5, 5.41) is 4.20. The van der Waals surface area contributed by atoms with Gasteiger partial charge in [-0.15, -0.1) is 0 Å². The molecule has 0 aliphatic rings. The monoisotopic (exact) mass is 250 g/mol. The van der Waals surface area contributed by atoms with Crippen LogP contribution in [0.25, 0.3) is 0 Å². The van der Waals surface area contributed by atoms with Crippen LogP contribution in [0.3, 0.4) is 0 Å². The van der Waals surface area contributed by atoms with Gasteiger partial charge in [0.05, 0.1) is 19.9 Å². The molecule has 0 atom stereocenters. The highest BCUT2D eigenvalue weighted by Crippen LogP contribution is 2.16. The zero-order chi connectivity index (χ0) is 12.3. The Balaban J connectivity index is 2.38. The molecular formula is C12H11ClN2O2. The molecule has 0 unspecified atom stereocenters. The second-order valence-electron chi connectivity index (χ2n) is 3.47. The maximum absolute atomic E-state index is 11.9. The van der Waals surface area contributed by atoms with Gasteiger partial charge in [-0.2, -0.15) is 5.10 Å². The first-order chi connectivity index (χ1) is 8.22. The molecule has 4 nitrogen and oxygen atoms in total. The van der Waals surface area contributed by atoms with Gasteiger partial charge in [-0.05, 0) is 5.56 Å². The molecule has 0 amide bonds. The lowest BCUT2D eigenvalue weighted by molar-refractivity contribution is 0.399. The molecule has 2 aromatic rings. The minimum Gasteiger partial charge on any atom is -0.490 e. The summed E-state index contributed by atoms with van der Waals surface area (Å²) in [6, 6.07) is 9.59. The number of aromatic nitrogens is 2. The highest BCUT2D eigenvalue weighted by atomic mass is 35.5. The number of hydrogen-bond donors (Lipinski definition) is 0. The van der Waals surface area contributed by atoms with Crippen LogP contribution >= 0.6 is 11.6 Å². The Morgan fingerprint density at radius 2 is 2.06 bits per heavy atom. The molecule has 0 aliphatic heterocycles. The van der Waals surface area contributed by atoms with Crippen LogP contribution in [0.4, 0.5) is 0 Å². The smallest absolute Gasteiger partial charge is 0.310 e. The lowest BCUT2D eigenvalue weighted by atomic mass is 10.2. The Morgan fingerprint density at radius 3 is 2.71 bits per heavy atom. The van der Waals surface area contributed by atoms with Crippen molar-refractivity contribution in [2.45, 2.75) is 6.54 Å². The minimum absolute atomic E-state index is 0.123. The van der Waals surface area contributed by atoms with Crippen molar-refractivity contribution in [3.8, 4) is 5.75 Å². The molecule has 1 heterocycles. The quantitative estimate of drug-likeness (QED) is 0.836. The maximum atomic E-state index is 11.9. The normalized spacial score (nSPS) is 10.2. The van der Waals surface area contributed by atoms with Gasteiger partial charge >= 0.3 is 5.56 Å². The number of rotatable bonds is 3. The van der Waals surface area contributed by atoms with Crippen molar-refractivity contribution in [2.24, 2.45) is 0 Å². The average Bonchev–Trinajstić information content (AvgIpc) is 2.35. The summed E-state index contributed by atoms with van der Waals surface area (Å²) in [7, 11) is 1.41. The summed E-state index contributed by atoms with van der Waals surface area (Å²) >= 11 is 5.80. The molecule has 0 spiro atoms. The SMILES string of the molecule is COc1c(Cl)cnn(Cc2ccccc2)c1=O. The fraction of sp³-hybridized carbons (Fsp3) is 0.167. The topological polar surface area (TPSA) is 44.1 Å². The Bertz CT molecular complexity index is 566. The molecule has 17 heavy (non-hydrogen) atoms. The third kappa shape index (κ3) is 2.47. The standard InChI is InChI=1S/C12H11ClN2O2/c1-17-11-10(13)7-14-15(12(11)16)8-9-5-3-2-4-6-9/h2-7H,8H2,1H3. The largest absolute Gasteiger partial charge is 0.490 e. The van der Waals surface area contributed by atoms with E-state index in [2.05, 4.69) is 5.10 Å². The molecule has 0 aliphatic carbocycles. The van der Waals surface area contributed by atoms with Crippen LogP contribution in [0.1, 0.15) is 5.56 Å². The average molecular weight is 251 g/mol. The van der Waals surface area contributed by atoms with Crippen molar-refractivity contribution in [3.63, 3.8) is 0 Å². The van der Waals surface area contributed by atoms with E-state index in [9.17, 15) is 4.79 Å². The fourth-order valence-corrected chi connectivity index (χ4v) is 1.71. The number of methoxy groups -OCH3 is 1. The molecule has 0 saturated carbocycles. The van der Waals surface area contributed by atoms with Gasteiger partial charge in [0.25, 0.3) is 0 Å². The van der Waals surface area contributed by atoms with Gasteiger partial charge in [-0.25, -0.2) is 4.68 Å². The van der Waals surface area contributed by atoms with E-state index in [1.807, 2.05) is 30.3 Å². The molecule has 1 aromatic heterocycles. The van der Waals surface area contributed by atoms with Crippen LogP contribution in [-0.4, -0.2) is 16.9 Å². The Labute approximate surface area is 103 Å². The number of benzene rings is 1. The molecular weight excluding hydrogens is 240 g/mol. The van der Waals surface area contributed by atoms with Crippen molar-refractivity contribution < 1.29 is 4.74 Å². The predicted octanol–water partition coefficient (Wildman–Crippen LogP) is 1.95. The Hall–Kier alpha value is -1.81. The molecule has 0 saturated heterocycles.